The van der Waals surface area contributed by atoms with E-state index in [1.807, 2.05) is 6.92 Å². The minimum atomic E-state index is -0.640. The summed E-state index contributed by atoms with van der Waals surface area (Å²) in [5.74, 6) is -1.71. The van der Waals surface area contributed by atoms with E-state index in [0.29, 0.717) is 18.8 Å². The fourth-order valence-electron chi connectivity index (χ4n) is 3.40. The van der Waals surface area contributed by atoms with Crippen molar-refractivity contribution in [3.63, 3.8) is 0 Å². The lowest BCUT2D eigenvalue weighted by Crippen LogP contribution is -2.46. The fourth-order valence-corrected chi connectivity index (χ4v) is 3.40. The van der Waals surface area contributed by atoms with E-state index in [1.54, 1.807) is 0 Å². The van der Waals surface area contributed by atoms with E-state index in [4.69, 9.17) is 0 Å². The van der Waals surface area contributed by atoms with Crippen molar-refractivity contribution in [2.24, 2.45) is 17.8 Å². The third-order valence-corrected chi connectivity index (χ3v) is 4.74. The van der Waals surface area contributed by atoms with Gasteiger partial charge in [0.25, 0.3) is 23.4 Å². The van der Waals surface area contributed by atoms with Gasteiger partial charge in [0.15, 0.2) is 0 Å². The maximum atomic E-state index is 12.4. The summed E-state index contributed by atoms with van der Waals surface area (Å²) in [4.78, 5) is 47.0. The van der Waals surface area contributed by atoms with Crippen LogP contribution in [0.4, 0.5) is 5.69 Å². The van der Waals surface area contributed by atoms with Gasteiger partial charge in [0.05, 0.1) is 16.8 Å². The lowest BCUT2D eigenvalue weighted by molar-refractivity contribution is -0.384. The molecule has 1 saturated carbocycles. The number of hydrogen-bond donors (Lipinski definition) is 1. The Morgan fingerprint density at radius 2 is 1.79 bits per heavy atom. The summed E-state index contributed by atoms with van der Waals surface area (Å²) >= 11 is 0. The second-order valence-corrected chi connectivity index (χ2v) is 6.39. The summed E-state index contributed by atoms with van der Waals surface area (Å²) in [5.41, 5.74) is 2.34. The van der Waals surface area contributed by atoms with Crippen LogP contribution in [-0.4, -0.2) is 27.7 Å². The number of amides is 3. The molecule has 0 spiro atoms. The predicted molar refractivity (Wildman–Crippen MR) is 82.4 cm³/mol. The molecular weight excluding hydrogens is 314 g/mol. The summed E-state index contributed by atoms with van der Waals surface area (Å²) in [7, 11) is 0. The number of non-ortho nitro benzene ring substituents is 1. The normalized spacial score (nSPS) is 26.2. The smallest absolute Gasteiger partial charge is 0.270 e. The van der Waals surface area contributed by atoms with Crippen LogP contribution >= 0.6 is 0 Å². The number of nitrogens with one attached hydrogen (secondary N) is 1. The van der Waals surface area contributed by atoms with E-state index >= 15 is 0 Å². The minimum absolute atomic E-state index is 0.139. The van der Waals surface area contributed by atoms with Gasteiger partial charge in [-0.25, -0.2) is 0 Å². The van der Waals surface area contributed by atoms with E-state index in [-0.39, 0.29) is 34.9 Å². The van der Waals surface area contributed by atoms with Gasteiger partial charge in [-0.3, -0.25) is 29.9 Å². The molecule has 3 amide bonds. The van der Waals surface area contributed by atoms with Gasteiger partial charge in [0.2, 0.25) is 0 Å². The van der Waals surface area contributed by atoms with Gasteiger partial charge in [-0.1, -0.05) is 6.92 Å². The van der Waals surface area contributed by atoms with Crippen molar-refractivity contribution >= 4 is 23.4 Å². The van der Waals surface area contributed by atoms with Crippen LogP contribution in [-0.2, 0) is 9.59 Å². The van der Waals surface area contributed by atoms with E-state index in [9.17, 15) is 24.5 Å². The summed E-state index contributed by atoms with van der Waals surface area (Å²) in [6.45, 7) is 2.05. The van der Waals surface area contributed by atoms with Gasteiger partial charge in [0, 0.05) is 17.7 Å². The first-order valence-corrected chi connectivity index (χ1v) is 7.81. The number of nitro groups is 1. The first kappa shape index (κ1) is 16.1. The molecule has 0 aromatic heterocycles. The van der Waals surface area contributed by atoms with Gasteiger partial charge < -0.3 is 0 Å². The van der Waals surface area contributed by atoms with E-state index in [2.05, 4.69) is 5.43 Å². The molecule has 1 saturated heterocycles. The molecule has 1 N–H and O–H groups in total. The number of carbonyl (C=O) groups excluding carboxylic acids is 3. The average molecular weight is 331 g/mol. The van der Waals surface area contributed by atoms with Crippen LogP contribution in [0.25, 0.3) is 0 Å². The number of nitrogens with zero attached hydrogens (tertiary/aromatic N) is 2. The number of nitro benzene ring substituents is 1. The molecule has 1 aromatic rings. The molecule has 0 unspecified atom stereocenters. The molecule has 0 radical (unpaired) electrons. The SMILES string of the molecule is C[C@H]1CC[C@H]2C(=O)N(NC(=O)c3ccc([N+](=O)[O-])cc3)C(=O)[C@@H]2C1. The first-order valence-electron chi connectivity index (χ1n) is 7.81. The highest BCUT2D eigenvalue weighted by Gasteiger charge is 2.50. The molecule has 1 aromatic carbocycles. The number of hydrazine groups is 1. The third-order valence-electron chi connectivity index (χ3n) is 4.74. The molecule has 1 aliphatic heterocycles. The summed E-state index contributed by atoms with van der Waals surface area (Å²) in [6, 6.07) is 4.97. The molecule has 2 fully saturated rings. The zero-order valence-electron chi connectivity index (χ0n) is 13.1. The Bertz CT molecular complexity index is 715. The van der Waals surface area contributed by atoms with Crippen LogP contribution in [0.1, 0.15) is 36.5 Å². The van der Waals surface area contributed by atoms with Crippen molar-refractivity contribution in [1.82, 2.24) is 10.4 Å². The van der Waals surface area contributed by atoms with Crippen LogP contribution < -0.4 is 5.43 Å². The van der Waals surface area contributed by atoms with Crippen molar-refractivity contribution in [1.29, 1.82) is 0 Å². The number of rotatable bonds is 3. The molecule has 3 atom stereocenters. The van der Waals surface area contributed by atoms with Gasteiger partial charge in [-0.05, 0) is 37.3 Å². The van der Waals surface area contributed by atoms with Crippen LogP contribution in [0, 0.1) is 27.9 Å². The van der Waals surface area contributed by atoms with Crippen LogP contribution in [0.15, 0.2) is 24.3 Å². The monoisotopic (exact) mass is 331 g/mol. The predicted octanol–water partition coefficient (Wildman–Crippen LogP) is 1.66. The minimum Gasteiger partial charge on any atom is -0.272 e. The molecule has 1 heterocycles. The highest BCUT2D eigenvalue weighted by molar-refractivity contribution is 6.07. The summed E-state index contributed by atoms with van der Waals surface area (Å²) < 4.78 is 0. The highest BCUT2D eigenvalue weighted by atomic mass is 16.6. The Labute approximate surface area is 137 Å². The maximum absolute atomic E-state index is 12.4. The van der Waals surface area contributed by atoms with Crippen molar-refractivity contribution < 1.29 is 19.3 Å². The van der Waals surface area contributed by atoms with Crippen LogP contribution in [0.5, 0.6) is 0 Å². The number of fused-ring (bicyclic) bond motifs is 1. The standard InChI is InChI=1S/C16H17N3O5/c1-9-2-7-12-13(8-9)16(22)18(15(12)21)17-14(20)10-3-5-11(6-4-10)19(23)24/h3-6,9,12-13H,2,7-8H2,1H3,(H,17,20)/t9-,12+,13+/m0/s1. The van der Waals surface area contributed by atoms with Gasteiger partial charge in [-0.2, -0.15) is 5.01 Å². The van der Waals surface area contributed by atoms with Crippen molar-refractivity contribution in [2.45, 2.75) is 26.2 Å². The molecule has 126 valence electrons. The molecule has 2 aliphatic rings. The Kier molecular flexibility index (Phi) is 4.04. The molecule has 1 aliphatic carbocycles. The number of imide groups is 1. The highest BCUT2D eigenvalue weighted by Crippen LogP contribution is 2.39. The Hall–Kier alpha value is -2.77. The average Bonchev–Trinajstić information content (AvgIpc) is 2.79. The second-order valence-electron chi connectivity index (χ2n) is 6.39. The number of carbonyl (C=O) groups is 3. The van der Waals surface area contributed by atoms with Crippen molar-refractivity contribution in [3.8, 4) is 0 Å². The largest absolute Gasteiger partial charge is 0.272 e. The lowest BCUT2D eigenvalue weighted by Gasteiger charge is -2.25. The third kappa shape index (κ3) is 2.75. The summed E-state index contributed by atoms with van der Waals surface area (Å²) in [6.07, 6.45) is 2.20. The maximum Gasteiger partial charge on any atom is 0.270 e. The van der Waals surface area contributed by atoms with Gasteiger partial charge >= 0.3 is 0 Å². The molecular formula is C16H17N3O5. The van der Waals surface area contributed by atoms with Crippen molar-refractivity contribution in [3.05, 3.63) is 39.9 Å². The quantitative estimate of drug-likeness (QED) is 0.514. The van der Waals surface area contributed by atoms with E-state index < -0.39 is 10.8 Å². The van der Waals surface area contributed by atoms with Crippen molar-refractivity contribution in [2.75, 3.05) is 0 Å². The zero-order valence-corrected chi connectivity index (χ0v) is 13.1. The zero-order chi connectivity index (χ0) is 17.4. The summed E-state index contributed by atoms with van der Waals surface area (Å²) in [5, 5.41) is 11.4. The topological polar surface area (TPSA) is 110 Å². The molecule has 3 rings (SSSR count). The number of hydrogen-bond acceptors (Lipinski definition) is 5. The molecule has 8 heteroatoms. The molecule has 8 nitrogen and oxygen atoms in total. The molecule has 0 bridgehead atoms. The van der Waals surface area contributed by atoms with Crippen LogP contribution in [0.2, 0.25) is 0 Å². The number of benzene rings is 1. The van der Waals surface area contributed by atoms with Crippen LogP contribution in [0.3, 0.4) is 0 Å². The first-order chi connectivity index (χ1) is 11.4. The Morgan fingerprint density at radius 3 is 2.42 bits per heavy atom. The van der Waals surface area contributed by atoms with E-state index in [0.717, 1.165) is 11.4 Å². The molecule has 24 heavy (non-hydrogen) atoms. The van der Waals surface area contributed by atoms with Gasteiger partial charge in [-0.15, -0.1) is 0 Å². The fraction of sp³-hybridized carbons (Fsp3) is 0.438. The Balaban J connectivity index is 1.73. The second kappa shape index (κ2) is 6.03. The Morgan fingerprint density at radius 1 is 1.17 bits per heavy atom. The van der Waals surface area contributed by atoms with Gasteiger partial charge in [0.1, 0.15) is 0 Å². The lowest BCUT2D eigenvalue weighted by atomic mass is 9.76. The van der Waals surface area contributed by atoms with E-state index in [1.165, 1.54) is 24.3 Å².